The molecule has 160 valence electrons. The van der Waals surface area contributed by atoms with E-state index in [9.17, 15) is 4.79 Å². The number of methoxy groups -OCH3 is 1. The highest BCUT2D eigenvalue weighted by Crippen LogP contribution is 2.39. The number of nitrogens with two attached hydrogens (primary N) is 1. The van der Waals surface area contributed by atoms with Gasteiger partial charge >= 0.3 is 0 Å². The van der Waals surface area contributed by atoms with Crippen LogP contribution in [0.1, 0.15) is 31.0 Å². The van der Waals surface area contributed by atoms with Crippen LogP contribution < -0.4 is 20.5 Å². The zero-order valence-electron chi connectivity index (χ0n) is 18.0. The Hall–Kier alpha value is -3.81. The number of allylic oxidation sites excluding steroid dienone is 1. The van der Waals surface area contributed by atoms with Crippen molar-refractivity contribution in [2.45, 2.75) is 26.8 Å². The van der Waals surface area contributed by atoms with Crippen molar-refractivity contribution in [1.82, 2.24) is 14.8 Å². The molecule has 8 nitrogen and oxygen atoms in total. The van der Waals surface area contributed by atoms with Crippen molar-refractivity contribution >= 4 is 11.9 Å². The van der Waals surface area contributed by atoms with Crippen molar-refractivity contribution in [2.75, 3.05) is 19.0 Å². The van der Waals surface area contributed by atoms with Gasteiger partial charge in [0.25, 0.3) is 0 Å². The third kappa shape index (κ3) is 3.61. The first-order chi connectivity index (χ1) is 14.9. The van der Waals surface area contributed by atoms with E-state index in [1.807, 2.05) is 63.2 Å². The average molecular weight is 419 g/mol. The van der Waals surface area contributed by atoms with Crippen LogP contribution in [0.2, 0.25) is 0 Å². The summed E-state index contributed by atoms with van der Waals surface area (Å²) in [5.41, 5.74) is 9.61. The Morgan fingerprint density at radius 2 is 1.97 bits per heavy atom. The number of fused-ring (bicyclic) bond motifs is 1. The highest BCUT2D eigenvalue weighted by molar-refractivity contribution is 5.95. The van der Waals surface area contributed by atoms with E-state index in [4.69, 9.17) is 20.3 Å². The maximum absolute atomic E-state index is 12.4. The maximum atomic E-state index is 12.4. The predicted molar refractivity (Wildman–Crippen MR) is 118 cm³/mol. The molecule has 2 heterocycles. The second-order valence-corrected chi connectivity index (χ2v) is 7.29. The first-order valence-corrected chi connectivity index (χ1v) is 10.1. The Kier molecular flexibility index (Phi) is 5.37. The molecule has 3 aromatic rings. The zero-order chi connectivity index (χ0) is 22.1. The van der Waals surface area contributed by atoms with Gasteiger partial charge in [0.2, 0.25) is 11.9 Å². The van der Waals surface area contributed by atoms with E-state index in [0.717, 1.165) is 16.7 Å². The Balaban J connectivity index is 1.88. The summed E-state index contributed by atoms with van der Waals surface area (Å²) < 4.78 is 12.8. The highest BCUT2D eigenvalue weighted by atomic mass is 16.5. The van der Waals surface area contributed by atoms with Crippen LogP contribution >= 0.6 is 0 Å². The van der Waals surface area contributed by atoms with Crippen LogP contribution in [0.4, 0.5) is 5.95 Å². The summed E-state index contributed by atoms with van der Waals surface area (Å²) in [5, 5.41) is 7.92. The van der Waals surface area contributed by atoms with E-state index in [-0.39, 0.29) is 0 Å². The van der Waals surface area contributed by atoms with Crippen LogP contribution in [0.25, 0.3) is 11.4 Å². The summed E-state index contributed by atoms with van der Waals surface area (Å²) in [7, 11) is 1.58. The molecule has 0 radical (unpaired) electrons. The van der Waals surface area contributed by atoms with Gasteiger partial charge in [-0.2, -0.15) is 4.98 Å². The summed E-state index contributed by atoms with van der Waals surface area (Å²) >= 11 is 0. The molecule has 0 saturated carbocycles. The molecule has 0 saturated heterocycles. The van der Waals surface area contributed by atoms with Crippen LogP contribution in [-0.4, -0.2) is 34.4 Å². The SMILES string of the molecule is CCOc1ccc(C2C(C(N)=O)=C(C)Nc3nc(-c4ccccc4C)nn32)cc1OC. The minimum absolute atomic E-state index is 0.417. The number of carbonyl (C=O) groups is 1. The third-order valence-electron chi connectivity index (χ3n) is 5.31. The quantitative estimate of drug-likeness (QED) is 0.634. The molecular formula is C23H25N5O3. The van der Waals surface area contributed by atoms with E-state index in [2.05, 4.69) is 10.3 Å². The van der Waals surface area contributed by atoms with Gasteiger partial charge in [0.1, 0.15) is 6.04 Å². The number of benzene rings is 2. The van der Waals surface area contributed by atoms with Crippen LogP contribution in [0.3, 0.4) is 0 Å². The van der Waals surface area contributed by atoms with Crippen LogP contribution in [-0.2, 0) is 4.79 Å². The lowest BCUT2D eigenvalue weighted by molar-refractivity contribution is -0.115. The minimum Gasteiger partial charge on any atom is -0.493 e. The summed E-state index contributed by atoms with van der Waals surface area (Å²) in [4.78, 5) is 17.1. The van der Waals surface area contributed by atoms with Crippen molar-refractivity contribution in [3.05, 3.63) is 64.9 Å². The second kappa shape index (κ2) is 8.14. The van der Waals surface area contributed by atoms with Gasteiger partial charge in [-0.25, -0.2) is 4.68 Å². The number of hydrogen-bond donors (Lipinski definition) is 2. The summed E-state index contributed by atoms with van der Waals surface area (Å²) in [5.74, 6) is 1.78. The van der Waals surface area contributed by atoms with Crippen LogP contribution in [0.5, 0.6) is 11.5 Å². The van der Waals surface area contributed by atoms with Gasteiger partial charge in [-0.1, -0.05) is 30.3 Å². The number of rotatable bonds is 6. The van der Waals surface area contributed by atoms with Crippen molar-refractivity contribution in [3.63, 3.8) is 0 Å². The molecule has 1 aliphatic heterocycles. The molecule has 1 aromatic heterocycles. The lowest BCUT2D eigenvalue weighted by Gasteiger charge is -2.28. The molecule has 0 bridgehead atoms. The predicted octanol–water partition coefficient (Wildman–Crippen LogP) is 3.44. The van der Waals surface area contributed by atoms with Crippen molar-refractivity contribution < 1.29 is 14.3 Å². The number of anilines is 1. The fraction of sp³-hybridized carbons (Fsp3) is 0.261. The second-order valence-electron chi connectivity index (χ2n) is 7.29. The van der Waals surface area contributed by atoms with Gasteiger partial charge in [-0.05, 0) is 44.0 Å². The first kappa shape index (κ1) is 20.5. The third-order valence-corrected chi connectivity index (χ3v) is 5.31. The van der Waals surface area contributed by atoms with Crippen molar-refractivity contribution in [3.8, 4) is 22.9 Å². The number of amides is 1. The molecule has 8 heteroatoms. The average Bonchev–Trinajstić information content (AvgIpc) is 3.16. The summed E-state index contributed by atoms with van der Waals surface area (Å²) in [6, 6.07) is 12.9. The van der Waals surface area contributed by atoms with Crippen LogP contribution in [0, 0.1) is 6.92 Å². The zero-order valence-corrected chi connectivity index (χ0v) is 18.0. The number of carbonyl (C=O) groups excluding carboxylic acids is 1. The van der Waals surface area contributed by atoms with E-state index in [1.165, 1.54) is 0 Å². The minimum atomic E-state index is -0.552. The number of nitrogens with one attached hydrogen (secondary N) is 1. The van der Waals surface area contributed by atoms with E-state index < -0.39 is 11.9 Å². The van der Waals surface area contributed by atoms with Gasteiger partial charge in [0, 0.05) is 11.3 Å². The van der Waals surface area contributed by atoms with E-state index in [0.29, 0.717) is 41.1 Å². The molecular weight excluding hydrogens is 394 g/mol. The lowest BCUT2D eigenvalue weighted by atomic mass is 9.95. The summed E-state index contributed by atoms with van der Waals surface area (Å²) in [6.07, 6.45) is 0. The molecule has 3 N–H and O–H groups in total. The maximum Gasteiger partial charge on any atom is 0.248 e. The molecule has 2 aromatic carbocycles. The molecule has 1 aliphatic rings. The van der Waals surface area contributed by atoms with Gasteiger partial charge < -0.3 is 20.5 Å². The van der Waals surface area contributed by atoms with Gasteiger partial charge in [-0.15, -0.1) is 5.10 Å². The standard InChI is InChI=1S/C23H25N5O3/c1-5-31-17-11-10-15(12-18(17)30-4)20-19(21(24)29)14(3)25-23-26-22(27-28(20)23)16-9-7-6-8-13(16)2/h6-12,20H,5H2,1-4H3,(H2,24,29)(H,25,26,27). The molecule has 1 amide bonds. The molecule has 1 unspecified atom stereocenters. The van der Waals surface area contributed by atoms with Gasteiger partial charge in [-0.3, -0.25) is 4.79 Å². The Morgan fingerprint density at radius 1 is 1.19 bits per heavy atom. The fourth-order valence-electron chi connectivity index (χ4n) is 3.85. The van der Waals surface area contributed by atoms with Crippen molar-refractivity contribution in [2.24, 2.45) is 5.73 Å². The fourth-order valence-corrected chi connectivity index (χ4v) is 3.85. The molecule has 4 rings (SSSR count). The monoisotopic (exact) mass is 419 g/mol. The topological polar surface area (TPSA) is 104 Å². The number of primary amides is 1. The Bertz CT molecular complexity index is 1180. The lowest BCUT2D eigenvalue weighted by Crippen LogP contribution is -2.31. The van der Waals surface area contributed by atoms with Crippen molar-refractivity contribution in [1.29, 1.82) is 0 Å². The Morgan fingerprint density at radius 3 is 2.65 bits per heavy atom. The van der Waals surface area contributed by atoms with E-state index >= 15 is 0 Å². The largest absolute Gasteiger partial charge is 0.493 e. The number of hydrogen-bond acceptors (Lipinski definition) is 6. The summed E-state index contributed by atoms with van der Waals surface area (Å²) in [6.45, 7) is 6.24. The Labute approximate surface area is 180 Å². The number of aryl methyl sites for hydroxylation is 1. The smallest absolute Gasteiger partial charge is 0.248 e. The normalized spacial score (nSPS) is 15.3. The van der Waals surface area contributed by atoms with Gasteiger partial charge in [0.15, 0.2) is 17.3 Å². The molecule has 0 spiro atoms. The highest BCUT2D eigenvalue weighted by Gasteiger charge is 2.34. The number of ether oxygens (including phenoxy) is 2. The molecule has 0 aliphatic carbocycles. The molecule has 1 atom stereocenters. The molecule has 31 heavy (non-hydrogen) atoms. The van der Waals surface area contributed by atoms with E-state index in [1.54, 1.807) is 11.8 Å². The number of aromatic nitrogens is 3. The van der Waals surface area contributed by atoms with Crippen LogP contribution in [0.15, 0.2) is 53.7 Å². The van der Waals surface area contributed by atoms with Gasteiger partial charge in [0.05, 0.1) is 19.3 Å². The first-order valence-electron chi connectivity index (χ1n) is 10.1. The molecule has 0 fully saturated rings. The number of nitrogens with zero attached hydrogens (tertiary/aromatic N) is 3.